The molecule has 0 spiro atoms. The van der Waals surface area contributed by atoms with Crippen LogP contribution in [0.25, 0.3) is 0 Å². The Bertz CT molecular complexity index is 341. The van der Waals surface area contributed by atoms with E-state index in [1.54, 1.807) is 0 Å². The standard InChI is InChI=1S/C12H18N2O2/c1-2-6-15-10(3-1)11-7-14-12(16-11)8-13-9-4-5-9/h7,9-10,13H,1-6,8H2. The van der Waals surface area contributed by atoms with Gasteiger partial charge in [-0.05, 0) is 32.1 Å². The molecule has 0 bridgehead atoms. The van der Waals surface area contributed by atoms with Gasteiger partial charge in [0.15, 0.2) is 5.76 Å². The van der Waals surface area contributed by atoms with Crippen LogP contribution in [0.2, 0.25) is 0 Å². The molecule has 1 N–H and O–H groups in total. The highest BCUT2D eigenvalue weighted by atomic mass is 16.5. The molecule has 16 heavy (non-hydrogen) atoms. The Morgan fingerprint density at radius 2 is 2.25 bits per heavy atom. The van der Waals surface area contributed by atoms with E-state index in [9.17, 15) is 0 Å². The number of ether oxygens (including phenoxy) is 1. The van der Waals surface area contributed by atoms with Crippen molar-refractivity contribution in [2.24, 2.45) is 0 Å². The van der Waals surface area contributed by atoms with Crippen LogP contribution >= 0.6 is 0 Å². The molecule has 0 radical (unpaired) electrons. The van der Waals surface area contributed by atoms with E-state index in [-0.39, 0.29) is 6.10 Å². The van der Waals surface area contributed by atoms with Crippen molar-refractivity contribution in [1.29, 1.82) is 0 Å². The predicted octanol–water partition coefficient (Wildman–Crippen LogP) is 2.17. The fourth-order valence-corrected chi connectivity index (χ4v) is 2.04. The lowest BCUT2D eigenvalue weighted by molar-refractivity contribution is 0.00122. The van der Waals surface area contributed by atoms with Crippen LogP contribution in [0.15, 0.2) is 10.6 Å². The van der Waals surface area contributed by atoms with E-state index < -0.39 is 0 Å². The van der Waals surface area contributed by atoms with Crippen molar-refractivity contribution in [2.45, 2.75) is 50.8 Å². The van der Waals surface area contributed by atoms with Crippen molar-refractivity contribution in [3.8, 4) is 0 Å². The highest BCUT2D eigenvalue weighted by molar-refractivity contribution is 4.99. The van der Waals surface area contributed by atoms with Crippen molar-refractivity contribution in [1.82, 2.24) is 10.3 Å². The summed E-state index contributed by atoms with van der Waals surface area (Å²) in [7, 11) is 0. The summed E-state index contributed by atoms with van der Waals surface area (Å²) in [5.74, 6) is 1.68. The number of nitrogens with zero attached hydrogens (tertiary/aromatic N) is 1. The molecule has 2 fully saturated rings. The Balaban J connectivity index is 1.57. The first-order valence-corrected chi connectivity index (χ1v) is 6.21. The molecule has 1 unspecified atom stereocenters. The highest BCUT2D eigenvalue weighted by Gasteiger charge is 2.22. The lowest BCUT2D eigenvalue weighted by atomic mass is 10.1. The summed E-state index contributed by atoms with van der Waals surface area (Å²) in [5, 5.41) is 3.39. The van der Waals surface area contributed by atoms with Crippen LogP contribution in [0.5, 0.6) is 0 Å². The van der Waals surface area contributed by atoms with Gasteiger partial charge in [0.25, 0.3) is 0 Å². The van der Waals surface area contributed by atoms with Gasteiger partial charge in [0.05, 0.1) is 12.7 Å². The summed E-state index contributed by atoms with van der Waals surface area (Å²) in [5.41, 5.74) is 0. The van der Waals surface area contributed by atoms with Gasteiger partial charge in [0.1, 0.15) is 6.10 Å². The van der Waals surface area contributed by atoms with Gasteiger partial charge in [0, 0.05) is 12.6 Å². The monoisotopic (exact) mass is 222 g/mol. The molecule has 4 heteroatoms. The minimum Gasteiger partial charge on any atom is -0.442 e. The molecule has 2 aliphatic rings. The van der Waals surface area contributed by atoms with E-state index in [1.807, 2.05) is 6.20 Å². The van der Waals surface area contributed by atoms with Crippen LogP contribution in [0, 0.1) is 0 Å². The van der Waals surface area contributed by atoms with Crippen molar-refractivity contribution in [3.05, 3.63) is 17.8 Å². The van der Waals surface area contributed by atoms with E-state index in [0.717, 1.165) is 31.2 Å². The van der Waals surface area contributed by atoms with Gasteiger partial charge >= 0.3 is 0 Å². The van der Waals surface area contributed by atoms with Crippen LogP contribution in [0.3, 0.4) is 0 Å². The van der Waals surface area contributed by atoms with Crippen LogP contribution in [-0.4, -0.2) is 17.6 Å². The topological polar surface area (TPSA) is 47.3 Å². The zero-order valence-electron chi connectivity index (χ0n) is 9.45. The van der Waals surface area contributed by atoms with E-state index >= 15 is 0 Å². The maximum Gasteiger partial charge on any atom is 0.208 e. The second kappa shape index (κ2) is 4.55. The molecule has 1 saturated heterocycles. The van der Waals surface area contributed by atoms with Gasteiger partial charge in [-0.1, -0.05) is 0 Å². The Morgan fingerprint density at radius 1 is 1.31 bits per heavy atom. The van der Waals surface area contributed by atoms with E-state index in [0.29, 0.717) is 6.04 Å². The molecule has 1 aliphatic heterocycles. The maximum absolute atomic E-state index is 5.70. The molecule has 88 valence electrons. The Kier molecular flexibility index (Phi) is 2.93. The average molecular weight is 222 g/mol. The second-order valence-electron chi connectivity index (χ2n) is 4.67. The fraction of sp³-hybridized carbons (Fsp3) is 0.750. The molecule has 0 amide bonds. The van der Waals surface area contributed by atoms with Gasteiger partial charge in [-0.3, -0.25) is 0 Å². The zero-order valence-corrected chi connectivity index (χ0v) is 9.45. The van der Waals surface area contributed by atoms with Gasteiger partial charge in [-0.15, -0.1) is 0 Å². The molecular formula is C12H18N2O2. The second-order valence-corrected chi connectivity index (χ2v) is 4.67. The van der Waals surface area contributed by atoms with E-state index in [2.05, 4.69) is 10.3 Å². The number of rotatable bonds is 4. The van der Waals surface area contributed by atoms with Crippen molar-refractivity contribution >= 4 is 0 Å². The number of aromatic nitrogens is 1. The first-order chi connectivity index (χ1) is 7.92. The SMILES string of the molecule is c1nc(CNC2CC2)oc1C1CCCCO1. The van der Waals surface area contributed by atoms with Gasteiger partial charge in [-0.2, -0.15) is 0 Å². The lowest BCUT2D eigenvalue weighted by Gasteiger charge is -2.19. The summed E-state index contributed by atoms with van der Waals surface area (Å²) in [6.07, 6.45) is 7.99. The molecule has 2 heterocycles. The molecule has 1 aromatic rings. The van der Waals surface area contributed by atoms with Crippen LogP contribution in [0.1, 0.15) is 49.9 Å². The summed E-state index contributed by atoms with van der Waals surface area (Å²) in [6.45, 7) is 1.60. The largest absolute Gasteiger partial charge is 0.442 e. The molecule has 4 nitrogen and oxygen atoms in total. The number of oxazole rings is 1. The summed E-state index contributed by atoms with van der Waals surface area (Å²) in [4.78, 5) is 4.28. The van der Waals surface area contributed by atoms with Gasteiger partial charge in [-0.25, -0.2) is 4.98 Å². The van der Waals surface area contributed by atoms with E-state index in [4.69, 9.17) is 9.15 Å². The normalized spacial score (nSPS) is 25.9. The first-order valence-electron chi connectivity index (χ1n) is 6.21. The third-order valence-corrected chi connectivity index (χ3v) is 3.19. The molecule has 1 atom stereocenters. The average Bonchev–Trinajstić information content (AvgIpc) is 3.05. The zero-order chi connectivity index (χ0) is 10.8. The van der Waals surface area contributed by atoms with Crippen LogP contribution in [-0.2, 0) is 11.3 Å². The maximum atomic E-state index is 5.70. The number of nitrogens with one attached hydrogen (secondary N) is 1. The minimum absolute atomic E-state index is 0.135. The molecule has 0 aromatic carbocycles. The Morgan fingerprint density at radius 3 is 3.00 bits per heavy atom. The van der Waals surface area contributed by atoms with Gasteiger partial charge < -0.3 is 14.5 Å². The van der Waals surface area contributed by atoms with Gasteiger partial charge in [0.2, 0.25) is 5.89 Å². The fourth-order valence-electron chi connectivity index (χ4n) is 2.04. The molecular weight excluding hydrogens is 204 g/mol. The molecule has 1 aromatic heterocycles. The number of hydrogen-bond donors (Lipinski definition) is 1. The summed E-state index contributed by atoms with van der Waals surface area (Å²) < 4.78 is 11.4. The first kappa shape index (κ1) is 10.3. The third kappa shape index (κ3) is 2.44. The molecule has 1 saturated carbocycles. The minimum atomic E-state index is 0.135. The Labute approximate surface area is 95.4 Å². The Hall–Kier alpha value is -0.870. The smallest absolute Gasteiger partial charge is 0.208 e. The molecule has 1 aliphatic carbocycles. The number of hydrogen-bond acceptors (Lipinski definition) is 4. The lowest BCUT2D eigenvalue weighted by Crippen LogP contribution is -2.15. The van der Waals surface area contributed by atoms with E-state index in [1.165, 1.54) is 25.7 Å². The quantitative estimate of drug-likeness (QED) is 0.848. The predicted molar refractivity (Wildman–Crippen MR) is 58.9 cm³/mol. The third-order valence-electron chi connectivity index (χ3n) is 3.19. The summed E-state index contributed by atoms with van der Waals surface area (Å²) in [6, 6.07) is 0.696. The highest BCUT2D eigenvalue weighted by Crippen LogP contribution is 2.28. The summed E-state index contributed by atoms with van der Waals surface area (Å²) >= 11 is 0. The van der Waals surface area contributed by atoms with Crippen LogP contribution in [0.4, 0.5) is 0 Å². The van der Waals surface area contributed by atoms with Crippen molar-refractivity contribution in [2.75, 3.05) is 6.61 Å². The van der Waals surface area contributed by atoms with Crippen molar-refractivity contribution < 1.29 is 9.15 Å². The van der Waals surface area contributed by atoms with Crippen LogP contribution < -0.4 is 5.32 Å². The van der Waals surface area contributed by atoms with Crippen molar-refractivity contribution in [3.63, 3.8) is 0 Å². The molecule has 3 rings (SSSR count).